The van der Waals surface area contributed by atoms with Crippen LogP contribution in [0.3, 0.4) is 0 Å². The molecule has 6 heteroatoms. The van der Waals surface area contributed by atoms with Gasteiger partial charge in [0.15, 0.2) is 0 Å². The number of hydrogen-bond donors (Lipinski definition) is 1. The lowest BCUT2D eigenvalue weighted by Crippen LogP contribution is -2.30. The molecule has 0 saturated carbocycles. The molecule has 1 unspecified atom stereocenters. The smallest absolute Gasteiger partial charge is 0.259 e. The van der Waals surface area contributed by atoms with Crippen molar-refractivity contribution < 1.29 is 13.5 Å². The molecule has 0 aromatic carbocycles. The van der Waals surface area contributed by atoms with Crippen molar-refractivity contribution in [1.82, 2.24) is 15.1 Å². The first-order chi connectivity index (χ1) is 8.20. The predicted octanol–water partition coefficient (Wildman–Crippen LogP) is 1.84. The van der Waals surface area contributed by atoms with Crippen LogP contribution in [0.4, 0.5) is 8.78 Å². The van der Waals surface area contributed by atoms with Gasteiger partial charge in [-0.1, -0.05) is 6.92 Å². The van der Waals surface area contributed by atoms with Crippen molar-refractivity contribution in [3.8, 4) is 0 Å². The highest BCUT2D eigenvalue weighted by Crippen LogP contribution is 2.20. The molecule has 0 radical (unpaired) electrons. The fourth-order valence-corrected chi connectivity index (χ4v) is 1.59. The van der Waals surface area contributed by atoms with E-state index in [2.05, 4.69) is 10.4 Å². The molecular weight excluding hydrogens is 228 g/mol. The topological polar surface area (TPSA) is 39.1 Å². The normalized spacial score (nSPS) is 13.2. The van der Waals surface area contributed by atoms with Crippen molar-refractivity contribution in [2.45, 2.75) is 32.4 Å². The van der Waals surface area contributed by atoms with E-state index in [0.717, 1.165) is 6.42 Å². The number of nitrogens with zero attached hydrogens (tertiary/aromatic N) is 2. The lowest BCUT2D eigenvalue weighted by molar-refractivity contribution is 0.0927. The minimum atomic E-state index is -2.44. The van der Waals surface area contributed by atoms with Gasteiger partial charge >= 0.3 is 0 Å². The average Bonchev–Trinajstić information content (AvgIpc) is 2.75. The number of aromatic nitrogens is 2. The van der Waals surface area contributed by atoms with Gasteiger partial charge in [-0.25, -0.2) is 8.78 Å². The Bertz CT molecular complexity index is 317. The summed E-state index contributed by atoms with van der Waals surface area (Å²) in [5.74, 6) is 0. The van der Waals surface area contributed by atoms with Crippen LogP contribution in [0.5, 0.6) is 0 Å². The van der Waals surface area contributed by atoms with E-state index in [4.69, 9.17) is 4.74 Å². The van der Waals surface area contributed by atoms with E-state index in [1.54, 1.807) is 17.9 Å². The van der Waals surface area contributed by atoms with Crippen LogP contribution in [0.25, 0.3) is 0 Å². The van der Waals surface area contributed by atoms with Crippen molar-refractivity contribution in [1.29, 1.82) is 0 Å². The van der Waals surface area contributed by atoms with Crippen LogP contribution in [0.15, 0.2) is 12.3 Å². The summed E-state index contributed by atoms with van der Waals surface area (Å²) in [5, 5.41) is 6.86. The molecule has 0 spiro atoms. The number of halogens is 2. The summed E-state index contributed by atoms with van der Waals surface area (Å²) >= 11 is 0. The van der Waals surface area contributed by atoms with Crippen LogP contribution in [0.1, 0.15) is 25.1 Å². The van der Waals surface area contributed by atoms with Crippen LogP contribution in [0.2, 0.25) is 0 Å². The molecule has 1 aromatic heterocycles. The molecule has 0 aliphatic heterocycles. The SMILES string of the molecule is CCCNC(c1ccnn1CCOC)C(F)F. The third kappa shape index (κ3) is 4.05. The molecule has 1 atom stereocenters. The van der Waals surface area contributed by atoms with Crippen molar-refractivity contribution in [2.75, 3.05) is 20.3 Å². The van der Waals surface area contributed by atoms with E-state index in [1.165, 1.54) is 6.20 Å². The summed E-state index contributed by atoms with van der Waals surface area (Å²) in [5.41, 5.74) is 0.505. The molecule has 0 aliphatic carbocycles. The zero-order valence-corrected chi connectivity index (χ0v) is 10.2. The standard InChI is InChI=1S/C11H19F2N3O/c1-3-5-14-10(11(12)13)9-4-6-15-16(9)7-8-17-2/h4,6,10-11,14H,3,5,7-8H2,1-2H3. The largest absolute Gasteiger partial charge is 0.383 e. The molecule has 4 nitrogen and oxygen atoms in total. The van der Waals surface area contributed by atoms with E-state index in [9.17, 15) is 8.78 Å². The second-order valence-electron chi connectivity index (χ2n) is 3.74. The monoisotopic (exact) mass is 247 g/mol. The molecule has 0 amide bonds. The Morgan fingerprint density at radius 2 is 2.29 bits per heavy atom. The third-order valence-electron chi connectivity index (χ3n) is 2.44. The summed E-state index contributed by atoms with van der Waals surface area (Å²) in [7, 11) is 1.57. The average molecular weight is 247 g/mol. The van der Waals surface area contributed by atoms with Gasteiger partial charge in [0.25, 0.3) is 6.43 Å². The number of methoxy groups -OCH3 is 1. The maximum atomic E-state index is 13.0. The van der Waals surface area contributed by atoms with Gasteiger partial charge in [0.2, 0.25) is 0 Å². The molecule has 17 heavy (non-hydrogen) atoms. The van der Waals surface area contributed by atoms with E-state index >= 15 is 0 Å². The number of alkyl halides is 2. The van der Waals surface area contributed by atoms with Crippen molar-refractivity contribution >= 4 is 0 Å². The Kier molecular flexibility index (Phi) is 6.07. The highest BCUT2D eigenvalue weighted by atomic mass is 19.3. The molecule has 1 heterocycles. The van der Waals surface area contributed by atoms with Crippen molar-refractivity contribution in [3.05, 3.63) is 18.0 Å². The van der Waals surface area contributed by atoms with Gasteiger partial charge in [0, 0.05) is 13.3 Å². The van der Waals surface area contributed by atoms with E-state index in [-0.39, 0.29) is 0 Å². The van der Waals surface area contributed by atoms with Crippen LogP contribution < -0.4 is 5.32 Å². The number of rotatable bonds is 8. The maximum absolute atomic E-state index is 13.0. The molecule has 0 fully saturated rings. The zero-order chi connectivity index (χ0) is 12.7. The van der Waals surface area contributed by atoms with Crippen LogP contribution in [0, 0.1) is 0 Å². The summed E-state index contributed by atoms with van der Waals surface area (Å²) < 4.78 is 32.4. The predicted molar refractivity (Wildman–Crippen MR) is 61.1 cm³/mol. The van der Waals surface area contributed by atoms with E-state index in [1.807, 2.05) is 6.92 Å². The Hall–Kier alpha value is -1.01. The maximum Gasteiger partial charge on any atom is 0.259 e. The number of ether oxygens (including phenoxy) is 1. The lowest BCUT2D eigenvalue weighted by atomic mass is 10.2. The molecular formula is C11H19F2N3O. The Labute approximate surface area is 100.0 Å². The van der Waals surface area contributed by atoms with E-state index < -0.39 is 12.5 Å². The lowest BCUT2D eigenvalue weighted by Gasteiger charge is -2.19. The van der Waals surface area contributed by atoms with Gasteiger partial charge in [-0.05, 0) is 19.0 Å². The molecule has 1 aromatic rings. The van der Waals surface area contributed by atoms with Gasteiger partial charge < -0.3 is 10.1 Å². The van der Waals surface area contributed by atoms with E-state index in [0.29, 0.717) is 25.4 Å². The third-order valence-corrected chi connectivity index (χ3v) is 2.44. The summed E-state index contributed by atoms with van der Waals surface area (Å²) in [6.07, 6.45) is -0.0942. The molecule has 98 valence electrons. The summed E-state index contributed by atoms with van der Waals surface area (Å²) in [6.45, 7) is 3.44. The highest BCUT2D eigenvalue weighted by Gasteiger charge is 2.24. The second-order valence-corrected chi connectivity index (χ2v) is 3.74. The Morgan fingerprint density at radius 1 is 1.53 bits per heavy atom. The minimum Gasteiger partial charge on any atom is -0.383 e. The molecule has 1 rings (SSSR count). The minimum absolute atomic E-state index is 0.457. The summed E-state index contributed by atoms with van der Waals surface area (Å²) in [6, 6.07) is 0.657. The Morgan fingerprint density at radius 3 is 2.88 bits per heavy atom. The quantitative estimate of drug-likeness (QED) is 0.761. The van der Waals surface area contributed by atoms with Gasteiger partial charge in [-0.15, -0.1) is 0 Å². The van der Waals surface area contributed by atoms with Crippen molar-refractivity contribution in [3.63, 3.8) is 0 Å². The fraction of sp³-hybridized carbons (Fsp3) is 0.727. The fourth-order valence-electron chi connectivity index (χ4n) is 1.59. The van der Waals surface area contributed by atoms with Gasteiger partial charge in [0.1, 0.15) is 6.04 Å². The van der Waals surface area contributed by atoms with Gasteiger partial charge in [-0.3, -0.25) is 4.68 Å². The first kappa shape index (κ1) is 14.1. The second kappa shape index (κ2) is 7.34. The Balaban J connectivity index is 2.74. The highest BCUT2D eigenvalue weighted by molar-refractivity contribution is 5.08. The number of hydrogen-bond acceptors (Lipinski definition) is 3. The van der Waals surface area contributed by atoms with Crippen LogP contribution in [-0.2, 0) is 11.3 Å². The first-order valence-electron chi connectivity index (χ1n) is 5.72. The van der Waals surface area contributed by atoms with Gasteiger partial charge in [-0.2, -0.15) is 5.10 Å². The molecule has 1 N–H and O–H groups in total. The number of nitrogens with one attached hydrogen (secondary N) is 1. The molecule has 0 bridgehead atoms. The van der Waals surface area contributed by atoms with Gasteiger partial charge in [0.05, 0.1) is 18.8 Å². The molecule has 0 aliphatic rings. The van der Waals surface area contributed by atoms with Crippen molar-refractivity contribution in [2.24, 2.45) is 0 Å². The van der Waals surface area contributed by atoms with Crippen LogP contribution >= 0.6 is 0 Å². The van der Waals surface area contributed by atoms with Crippen LogP contribution in [-0.4, -0.2) is 36.5 Å². The zero-order valence-electron chi connectivity index (χ0n) is 10.2. The first-order valence-corrected chi connectivity index (χ1v) is 5.72. The summed E-state index contributed by atoms with van der Waals surface area (Å²) in [4.78, 5) is 0. The molecule has 0 saturated heterocycles.